The molecule has 682 valence electrons. The summed E-state index contributed by atoms with van der Waals surface area (Å²) in [4.78, 5) is 90.1. The number of aliphatic carboxylic acids is 1. The molecule has 3 atom stereocenters. The summed E-state index contributed by atoms with van der Waals surface area (Å²) in [5, 5.41) is 19.1. The lowest BCUT2D eigenvalue weighted by Gasteiger charge is -2.29. The molecule has 0 aliphatic carbocycles. The zero-order valence-corrected chi connectivity index (χ0v) is 71.4. The number of carboxylic acid groups (broad SMARTS) is 1. The van der Waals surface area contributed by atoms with E-state index >= 15 is 0 Å². The summed E-state index contributed by atoms with van der Waals surface area (Å²) in [7, 11) is 2.08. The molecule has 0 spiro atoms. The number of nitrogens with one attached hydrogen (secondary N) is 4. The van der Waals surface area contributed by atoms with Crippen LogP contribution in [0.5, 0.6) is 0 Å². The van der Waals surface area contributed by atoms with Gasteiger partial charge in [-0.2, -0.15) is 52.7 Å². The minimum Gasteiger partial charge on any atom is -0.475 e. The second-order valence-corrected chi connectivity index (χ2v) is 33.9. The number of ether oxygens (including phenoxy) is 4. The fraction of sp³-hybridized carbons (Fsp3) is 0.506. The lowest BCUT2D eigenvalue weighted by Crippen LogP contribution is -2.37. The topological polar surface area (TPSA) is 255 Å². The van der Waals surface area contributed by atoms with Crippen molar-refractivity contribution < 1.29 is 101 Å². The molecular formula is C89H107F12N15O10. The first-order valence-corrected chi connectivity index (χ1v) is 42.1. The molecule has 126 heavy (non-hydrogen) atoms. The summed E-state index contributed by atoms with van der Waals surface area (Å²) in [6.45, 7) is 25.2. The van der Waals surface area contributed by atoms with Gasteiger partial charge in [0.1, 0.15) is 23.1 Å². The largest absolute Gasteiger partial charge is 0.490 e. The number of halogens is 12. The van der Waals surface area contributed by atoms with Gasteiger partial charge >= 0.3 is 54.9 Å². The number of benzene rings is 3. The van der Waals surface area contributed by atoms with Crippen molar-refractivity contribution >= 4 is 81.4 Å². The SMILES string of the molecule is Cc1ccc(NC(=O)N2CC[C@@H](CC(F)(F)F)C2)cc1-c1cc(C2=CCN(C(=O)OC(C)(C)C)C2)nc(N2CCOCC2)c1.Cc1ccc(NC(=O)N2CC[C@@H](CC(F)(F)F)C2)cc1-c1cc(C2=CCN(C)C2)nc(N2CCOCC2)c1.Cc1ccc(NC(=O)N2CC[C@@H](CC(F)(F)F)C2)cc1-c1cc(C2=CCNC2)nc(N2CCOCC2)c1.O=C(O)C(F)(F)F. The summed E-state index contributed by atoms with van der Waals surface area (Å²) >= 11 is 0. The van der Waals surface area contributed by atoms with E-state index in [4.69, 9.17) is 43.8 Å². The van der Waals surface area contributed by atoms with E-state index in [0.717, 1.165) is 148 Å². The number of aromatic nitrogens is 3. The van der Waals surface area contributed by atoms with Crippen LogP contribution < -0.4 is 36.0 Å². The molecule has 15 rings (SSSR count). The molecule has 0 bridgehead atoms. The predicted octanol–water partition coefficient (Wildman–Crippen LogP) is 16.7. The number of carboxylic acids is 1. The maximum absolute atomic E-state index is 13.0. The van der Waals surface area contributed by atoms with E-state index in [1.165, 1.54) is 20.3 Å². The van der Waals surface area contributed by atoms with Crippen LogP contribution in [-0.2, 0) is 23.7 Å². The molecule has 12 heterocycles. The van der Waals surface area contributed by atoms with Crippen LogP contribution >= 0.6 is 0 Å². The Balaban J connectivity index is 0.000000166. The van der Waals surface area contributed by atoms with E-state index in [-0.39, 0.29) is 44.3 Å². The molecule has 6 saturated heterocycles. The number of likely N-dealkylation sites (N-methyl/N-ethyl adjacent to an activating group) is 1. The van der Waals surface area contributed by atoms with Crippen molar-refractivity contribution in [2.75, 3.05) is 195 Å². The fourth-order valence-electron chi connectivity index (χ4n) is 16.3. The zero-order valence-electron chi connectivity index (χ0n) is 71.4. The van der Waals surface area contributed by atoms with Crippen molar-refractivity contribution in [2.24, 2.45) is 17.8 Å². The summed E-state index contributed by atoms with van der Waals surface area (Å²) in [6, 6.07) is 28.2. The number of urea groups is 3. The lowest BCUT2D eigenvalue weighted by atomic mass is 9.98. The molecule has 25 nitrogen and oxygen atoms in total. The molecule has 9 aliphatic rings. The summed E-state index contributed by atoms with van der Waals surface area (Å²) in [5.41, 5.74) is 15.9. The standard InChI is InChI=1S/C32H40F3N5O4.C28H34F3N5O2.C27H32F3N5O2.C2HF3O2/c1-21-5-6-25(36-29(41)39-9-7-22(19-39)18-32(33,34)35)17-26(21)24-15-27(37-28(16-24)38-11-13-43-14-12-38)23-8-10-40(20-23)30(42)44-31(2,3)4;1-19-3-4-23(32-27(37)36-8-5-20(17-36)16-28(29,30)31)15-24(19)22-13-25(21-6-7-34(2)18-21)33-26(14-22)35-9-11-38-12-10-35;1-18-2-3-22(32-26(36)35-7-5-19(17-35)15-27(28,29)30)14-23(18)21-12-24(20-4-6-31-16-20)33-25(13-21)34-8-10-37-11-9-34;3-2(4,5)1(6)7/h5-6,8,15-17,22H,7,9-14,18-20H2,1-4H3,(H,36,41);3-4,6,13-15,20H,5,7-12,16-18H2,1-2H3,(H,32,37);2-4,12-14,19,31H,5-11,15-17H2,1H3,(H,32,36);(H,6,7)/t22-;20-;19-;/m000./s1. The number of anilines is 6. The van der Waals surface area contributed by atoms with Gasteiger partial charge in [-0.05, 0) is 225 Å². The number of hydrogen-bond acceptors (Lipinski definition) is 17. The maximum atomic E-state index is 13.0. The molecule has 37 heteroatoms. The van der Waals surface area contributed by atoms with Crippen molar-refractivity contribution in [3.05, 3.63) is 143 Å². The highest BCUT2D eigenvalue weighted by Gasteiger charge is 2.41. The quantitative estimate of drug-likeness (QED) is 0.0599. The molecule has 5 N–H and O–H groups in total. The summed E-state index contributed by atoms with van der Waals surface area (Å²) in [5.74, 6) is -1.85. The molecular weight excluding hydrogens is 1670 g/mol. The first kappa shape index (κ1) is 94.4. The minimum atomic E-state index is -5.08. The van der Waals surface area contributed by atoms with Gasteiger partial charge in [0.05, 0.1) is 63.3 Å². The van der Waals surface area contributed by atoms with E-state index in [0.29, 0.717) is 115 Å². The summed E-state index contributed by atoms with van der Waals surface area (Å²) in [6.07, 6.45) is -13.3. The highest BCUT2D eigenvalue weighted by molar-refractivity contribution is 5.94. The monoisotopic (exact) mass is 1770 g/mol. The van der Waals surface area contributed by atoms with Gasteiger partial charge in [0, 0.05) is 148 Å². The highest BCUT2D eigenvalue weighted by Crippen LogP contribution is 2.40. The minimum absolute atomic E-state index is 0.0795. The third-order valence-corrected chi connectivity index (χ3v) is 22.8. The Morgan fingerprint density at radius 1 is 0.452 bits per heavy atom. The smallest absolute Gasteiger partial charge is 0.475 e. The highest BCUT2D eigenvalue weighted by atomic mass is 19.4. The van der Waals surface area contributed by atoms with Crippen molar-refractivity contribution in [3.8, 4) is 33.4 Å². The van der Waals surface area contributed by atoms with Crippen molar-refractivity contribution in [2.45, 2.75) is 110 Å². The molecule has 0 radical (unpaired) electrons. The van der Waals surface area contributed by atoms with Crippen molar-refractivity contribution in [1.29, 1.82) is 0 Å². The Bertz CT molecular complexity index is 4960. The van der Waals surface area contributed by atoms with Crippen LogP contribution in [0.1, 0.15) is 93.1 Å². The molecule has 9 aliphatic heterocycles. The van der Waals surface area contributed by atoms with E-state index in [2.05, 4.69) is 84.3 Å². The number of rotatable bonds is 15. The van der Waals surface area contributed by atoms with E-state index < -0.39 is 79.3 Å². The van der Waals surface area contributed by atoms with Gasteiger partial charge < -0.3 is 79.6 Å². The second kappa shape index (κ2) is 40.9. The second-order valence-electron chi connectivity index (χ2n) is 33.9. The molecule has 3 aromatic heterocycles. The maximum Gasteiger partial charge on any atom is 0.490 e. The number of hydrogen-bond donors (Lipinski definition) is 5. The average molecular weight is 1770 g/mol. The van der Waals surface area contributed by atoms with Gasteiger partial charge in [-0.25, -0.2) is 38.9 Å². The van der Waals surface area contributed by atoms with E-state index in [1.807, 2.05) is 108 Å². The van der Waals surface area contributed by atoms with E-state index in [9.17, 15) is 71.9 Å². The van der Waals surface area contributed by atoms with Crippen LogP contribution in [0.4, 0.5) is 106 Å². The van der Waals surface area contributed by atoms with Crippen LogP contribution in [-0.4, -0.2) is 270 Å². The fourth-order valence-corrected chi connectivity index (χ4v) is 16.3. The molecule has 0 saturated carbocycles. The average Bonchev–Trinajstić information content (AvgIpc) is 1.14. The molecule has 3 aromatic carbocycles. The van der Waals surface area contributed by atoms with Crippen LogP contribution in [0.25, 0.3) is 50.1 Å². The first-order chi connectivity index (χ1) is 59.6. The van der Waals surface area contributed by atoms with Gasteiger partial charge in [0.25, 0.3) is 0 Å². The van der Waals surface area contributed by atoms with Crippen LogP contribution in [0.2, 0.25) is 0 Å². The normalized spacial score (nSPS) is 19.6. The first-order valence-electron chi connectivity index (χ1n) is 42.1. The summed E-state index contributed by atoms with van der Waals surface area (Å²) < 4.78 is 169. The zero-order chi connectivity index (χ0) is 90.6. The number of alkyl halides is 12. The van der Waals surface area contributed by atoms with Gasteiger partial charge in [0.2, 0.25) is 0 Å². The Kier molecular flexibility index (Phi) is 30.6. The van der Waals surface area contributed by atoms with E-state index in [1.54, 1.807) is 11.0 Å². The predicted molar refractivity (Wildman–Crippen MR) is 456 cm³/mol. The Hall–Kier alpha value is -10.8. The Labute approximate surface area is 723 Å². The number of carbonyl (C=O) groups excluding carboxylic acids is 4. The number of aryl methyl sites for hydroxylation is 3. The van der Waals surface area contributed by atoms with Crippen molar-refractivity contribution in [3.63, 3.8) is 0 Å². The Morgan fingerprint density at radius 2 is 0.786 bits per heavy atom. The number of nitrogens with zero attached hydrogens (tertiary/aromatic N) is 11. The number of pyridine rings is 3. The molecule has 0 unspecified atom stereocenters. The number of carbonyl (C=O) groups is 5. The van der Waals surface area contributed by atoms with Crippen LogP contribution in [0.15, 0.2) is 109 Å². The number of morpholine rings is 3. The van der Waals surface area contributed by atoms with Gasteiger partial charge in [-0.3, -0.25) is 4.90 Å². The molecule has 7 amide bonds. The third kappa shape index (κ3) is 26.9. The number of amides is 7. The van der Waals surface area contributed by atoms with Gasteiger partial charge in [0.15, 0.2) is 0 Å². The lowest BCUT2D eigenvalue weighted by molar-refractivity contribution is -0.192. The molecule has 6 fully saturated rings. The number of likely N-dealkylation sites (tertiary alicyclic amines) is 3. The van der Waals surface area contributed by atoms with Gasteiger partial charge in [-0.15, -0.1) is 0 Å². The van der Waals surface area contributed by atoms with Crippen LogP contribution in [0.3, 0.4) is 0 Å². The molecule has 6 aromatic rings. The Morgan fingerprint density at radius 3 is 1.09 bits per heavy atom. The van der Waals surface area contributed by atoms with Crippen molar-refractivity contribution in [1.82, 2.24) is 44.8 Å². The third-order valence-electron chi connectivity index (χ3n) is 22.8. The van der Waals surface area contributed by atoms with Crippen LogP contribution in [0, 0.1) is 38.5 Å². The van der Waals surface area contributed by atoms with Gasteiger partial charge in [-0.1, -0.05) is 36.4 Å².